The second-order valence-corrected chi connectivity index (χ2v) is 5.67. The molecule has 0 aliphatic heterocycles. The van der Waals surface area contributed by atoms with Crippen LogP contribution in [0.5, 0.6) is 0 Å². The molecule has 0 spiro atoms. The Kier molecular flexibility index (Phi) is 6.02. The highest BCUT2D eigenvalue weighted by atomic mass is 79.9. The SMILES string of the molecule is CC[C@@H](NCC(=O)NCc1ccco1)c1ccc(Br)cc1. The van der Waals surface area contributed by atoms with Crippen molar-refractivity contribution in [2.24, 2.45) is 0 Å². The Morgan fingerprint density at radius 2 is 2.05 bits per heavy atom. The summed E-state index contributed by atoms with van der Waals surface area (Å²) in [6.07, 6.45) is 2.52. The lowest BCUT2D eigenvalue weighted by atomic mass is 10.0. The summed E-state index contributed by atoms with van der Waals surface area (Å²) in [6.45, 7) is 2.80. The van der Waals surface area contributed by atoms with Crippen LogP contribution in [0.2, 0.25) is 0 Å². The van der Waals surface area contributed by atoms with E-state index < -0.39 is 0 Å². The molecule has 2 aromatic rings. The highest BCUT2D eigenvalue weighted by Gasteiger charge is 2.10. The smallest absolute Gasteiger partial charge is 0.234 e. The molecule has 0 aliphatic carbocycles. The van der Waals surface area contributed by atoms with Crippen molar-refractivity contribution in [1.29, 1.82) is 0 Å². The van der Waals surface area contributed by atoms with Gasteiger partial charge in [0.05, 0.1) is 19.4 Å². The molecule has 5 heteroatoms. The largest absolute Gasteiger partial charge is 0.467 e. The van der Waals surface area contributed by atoms with Gasteiger partial charge in [-0.3, -0.25) is 4.79 Å². The van der Waals surface area contributed by atoms with E-state index in [4.69, 9.17) is 4.42 Å². The van der Waals surface area contributed by atoms with Gasteiger partial charge >= 0.3 is 0 Å². The zero-order valence-corrected chi connectivity index (χ0v) is 13.5. The van der Waals surface area contributed by atoms with Crippen LogP contribution in [0.25, 0.3) is 0 Å². The van der Waals surface area contributed by atoms with Gasteiger partial charge in [-0.2, -0.15) is 0 Å². The molecule has 0 radical (unpaired) electrons. The fraction of sp³-hybridized carbons (Fsp3) is 0.312. The predicted molar refractivity (Wildman–Crippen MR) is 85.7 cm³/mol. The molecule has 1 aromatic carbocycles. The van der Waals surface area contributed by atoms with E-state index in [9.17, 15) is 4.79 Å². The topological polar surface area (TPSA) is 54.3 Å². The quantitative estimate of drug-likeness (QED) is 0.804. The number of hydrogen-bond donors (Lipinski definition) is 2. The molecule has 2 rings (SSSR count). The van der Waals surface area contributed by atoms with Crippen LogP contribution >= 0.6 is 15.9 Å². The average molecular weight is 351 g/mol. The Morgan fingerprint density at radius 3 is 2.67 bits per heavy atom. The monoisotopic (exact) mass is 350 g/mol. The molecule has 112 valence electrons. The van der Waals surface area contributed by atoms with Gasteiger partial charge in [-0.15, -0.1) is 0 Å². The minimum absolute atomic E-state index is 0.0399. The van der Waals surface area contributed by atoms with Crippen LogP contribution in [0.15, 0.2) is 51.6 Å². The Morgan fingerprint density at radius 1 is 1.29 bits per heavy atom. The van der Waals surface area contributed by atoms with Crippen molar-refractivity contribution in [3.63, 3.8) is 0 Å². The standard InChI is InChI=1S/C16H19BrN2O2/c1-2-15(12-5-7-13(17)8-6-12)18-11-16(20)19-10-14-4-3-9-21-14/h3-9,15,18H,2,10-11H2,1H3,(H,19,20)/t15-/m1/s1. The molecule has 2 N–H and O–H groups in total. The first-order valence-corrected chi connectivity index (χ1v) is 7.76. The van der Waals surface area contributed by atoms with Crippen molar-refractivity contribution < 1.29 is 9.21 Å². The number of rotatable bonds is 7. The lowest BCUT2D eigenvalue weighted by molar-refractivity contribution is -0.120. The lowest BCUT2D eigenvalue weighted by Crippen LogP contribution is -2.35. The number of hydrogen-bond acceptors (Lipinski definition) is 3. The zero-order chi connectivity index (χ0) is 15.1. The van der Waals surface area contributed by atoms with Gasteiger partial charge in [-0.1, -0.05) is 35.0 Å². The summed E-state index contributed by atoms with van der Waals surface area (Å²) in [7, 11) is 0. The molecular weight excluding hydrogens is 332 g/mol. The number of carbonyl (C=O) groups is 1. The fourth-order valence-electron chi connectivity index (χ4n) is 2.07. The Bertz CT molecular complexity index is 552. The van der Waals surface area contributed by atoms with Crippen molar-refractivity contribution >= 4 is 21.8 Å². The first kappa shape index (κ1) is 15.8. The first-order valence-electron chi connectivity index (χ1n) is 6.97. The number of amides is 1. The van der Waals surface area contributed by atoms with E-state index in [1.54, 1.807) is 12.3 Å². The third kappa shape index (κ3) is 5.02. The number of furan rings is 1. The van der Waals surface area contributed by atoms with Crippen LogP contribution in [0, 0.1) is 0 Å². The van der Waals surface area contributed by atoms with Gasteiger partial charge in [-0.05, 0) is 36.2 Å². The molecule has 0 saturated heterocycles. The minimum atomic E-state index is -0.0399. The van der Waals surface area contributed by atoms with Crippen LogP contribution in [-0.2, 0) is 11.3 Å². The van der Waals surface area contributed by atoms with Gasteiger partial charge in [0.15, 0.2) is 0 Å². The number of benzene rings is 1. The summed E-state index contributed by atoms with van der Waals surface area (Å²) in [6, 6.07) is 12.0. The van der Waals surface area contributed by atoms with Crippen LogP contribution < -0.4 is 10.6 Å². The van der Waals surface area contributed by atoms with E-state index in [0.717, 1.165) is 16.7 Å². The molecule has 0 bridgehead atoms. The molecular formula is C16H19BrN2O2. The molecule has 4 nitrogen and oxygen atoms in total. The van der Waals surface area contributed by atoms with E-state index in [-0.39, 0.29) is 18.5 Å². The number of halogens is 1. The van der Waals surface area contributed by atoms with Crippen LogP contribution in [-0.4, -0.2) is 12.5 Å². The molecule has 0 aliphatic rings. The molecule has 1 amide bonds. The van der Waals surface area contributed by atoms with Gasteiger partial charge in [0.2, 0.25) is 5.91 Å². The van der Waals surface area contributed by atoms with Crippen molar-refractivity contribution in [3.8, 4) is 0 Å². The summed E-state index contributed by atoms with van der Waals surface area (Å²) in [5, 5.41) is 6.10. The van der Waals surface area contributed by atoms with E-state index in [1.807, 2.05) is 18.2 Å². The Hall–Kier alpha value is -1.59. The van der Waals surface area contributed by atoms with E-state index in [2.05, 4.69) is 45.6 Å². The van der Waals surface area contributed by atoms with Gasteiger partial charge in [-0.25, -0.2) is 0 Å². The predicted octanol–water partition coefficient (Wildman–Crippen LogP) is 3.40. The molecule has 0 saturated carbocycles. The summed E-state index contributed by atoms with van der Waals surface area (Å²) < 4.78 is 6.22. The maximum atomic E-state index is 11.8. The Balaban J connectivity index is 1.79. The summed E-state index contributed by atoms with van der Waals surface area (Å²) in [4.78, 5) is 11.8. The maximum Gasteiger partial charge on any atom is 0.234 e. The molecule has 21 heavy (non-hydrogen) atoms. The highest BCUT2D eigenvalue weighted by molar-refractivity contribution is 9.10. The van der Waals surface area contributed by atoms with Gasteiger partial charge < -0.3 is 15.1 Å². The van der Waals surface area contributed by atoms with Gasteiger partial charge in [0.25, 0.3) is 0 Å². The molecule has 1 atom stereocenters. The fourth-order valence-corrected chi connectivity index (χ4v) is 2.33. The molecule has 1 heterocycles. The lowest BCUT2D eigenvalue weighted by Gasteiger charge is -2.17. The maximum absolute atomic E-state index is 11.8. The number of nitrogens with one attached hydrogen (secondary N) is 2. The first-order chi connectivity index (χ1) is 10.2. The van der Waals surface area contributed by atoms with Crippen molar-refractivity contribution in [2.75, 3.05) is 6.54 Å². The molecule has 0 fully saturated rings. The third-order valence-corrected chi connectivity index (χ3v) is 3.76. The van der Waals surface area contributed by atoms with Crippen LogP contribution in [0.1, 0.15) is 30.7 Å². The van der Waals surface area contributed by atoms with Crippen LogP contribution in [0.4, 0.5) is 0 Å². The summed E-state index contributed by atoms with van der Waals surface area (Å²) in [5.74, 6) is 0.713. The number of carbonyl (C=O) groups excluding carboxylic acids is 1. The third-order valence-electron chi connectivity index (χ3n) is 3.23. The average Bonchev–Trinajstić information content (AvgIpc) is 3.01. The Labute approximate surface area is 133 Å². The second-order valence-electron chi connectivity index (χ2n) is 4.75. The van der Waals surface area contributed by atoms with Crippen molar-refractivity contribution in [3.05, 3.63) is 58.5 Å². The van der Waals surface area contributed by atoms with Crippen LogP contribution in [0.3, 0.4) is 0 Å². The molecule has 0 unspecified atom stereocenters. The van der Waals surface area contributed by atoms with Crippen molar-refractivity contribution in [2.45, 2.75) is 25.9 Å². The highest BCUT2D eigenvalue weighted by Crippen LogP contribution is 2.19. The van der Waals surface area contributed by atoms with Gasteiger partial charge in [0, 0.05) is 10.5 Å². The van der Waals surface area contributed by atoms with E-state index in [1.165, 1.54) is 5.56 Å². The summed E-state index contributed by atoms with van der Waals surface area (Å²) >= 11 is 3.42. The minimum Gasteiger partial charge on any atom is -0.467 e. The zero-order valence-electron chi connectivity index (χ0n) is 11.9. The van der Waals surface area contributed by atoms with Crippen molar-refractivity contribution in [1.82, 2.24) is 10.6 Å². The van der Waals surface area contributed by atoms with E-state index >= 15 is 0 Å². The summed E-state index contributed by atoms with van der Waals surface area (Å²) in [5.41, 5.74) is 1.18. The molecule has 1 aromatic heterocycles. The van der Waals surface area contributed by atoms with Gasteiger partial charge in [0.1, 0.15) is 5.76 Å². The normalized spacial score (nSPS) is 12.1. The van der Waals surface area contributed by atoms with E-state index in [0.29, 0.717) is 6.54 Å². The second kappa shape index (κ2) is 8.00.